The summed E-state index contributed by atoms with van der Waals surface area (Å²) >= 11 is 0. The van der Waals surface area contributed by atoms with Crippen LogP contribution < -0.4 is 19.4 Å². The lowest BCUT2D eigenvalue weighted by molar-refractivity contribution is -0.137. The molecule has 0 bridgehead atoms. The number of rotatable bonds is 11. The monoisotopic (exact) mass is 623 g/mol. The van der Waals surface area contributed by atoms with Crippen molar-refractivity contribution >= 4 is 66.1 Å². The van der Waals surface area contributed by atoms with Gasteiger partial charge in [-0.3, -0.25) is 19.6 Å². The number of amides is 2. The third kappa shape index (κ3) is 8.47. The molecule has 0 unspecified atom stereocenters. The number of carbonyl (C=O) groups excluding carboxylic acids is 2. The third-order valence-corrected chi connectivity index (χ3v) is 6.93. The number of aromatic nitrogens is 2. The van der Waals surface area contributed by atoms with Crippen molar-refractivity contribution in [2.75, 3.05) is 48.0 Å². The number of ether oxygens (including phenoxy) is 1. The van der Waals surface area contributed by atoms with Crippen molar-refractivity contribution in [2.45, 2.75) is 40.0 Å². The van der Waals surface area contributed by atoms with Crippen LogP contribution in [0.15, 0.2) is 67.3 Å². The maximum absolute atomic E-state index is 13.2. The Labute approximate surface area is 261 Å². The van der Waals surface area contributed by atoms with Crippen LogP contribution in [0.3, 0.4) is 0 Å². The summed E-state index contributed by atoms with van der Waals surface area (Å²) in [6, 6.07) is 13.7. The van der Waals surface area contributed by atoms with Crippen LogP contribution in [0.5, 0.6) is 5.75 Å². The molecule has 0 N–H and O–H groups in total. The second-order valence-corrected chi connectivity index (χ2v) is 10.1. The Morgan fingerprint density at radius 1 is 0.902 bits per heavy atom. The number of carbonyl (C=O) groups is 2. The van der Waals surface area contributed by atoms with E-state index in [4.69, 9.17) is 4.74 Å². The van der Waals surface area contributed by atoms with Gasteiger partial charge in [-0.05, 0) is 69.0 Å². The lowest BCUT2D eigenvalue weighted by atomic mass is 9.90. The fourth-order valence-electron chi connectivity index (χ4n) is 4.78. The van der Waals surface area contributed by atoms with Crippen LogP contribution in [0.4, 0.5) is 17.1 Å². The number of hydrogen-bond acceptors (Lipinski definition) is 6. The van der Waals surface area contributed by atoms with E-state index in [1.54, 1.807) is 36.9 Å². The van der Waals surface area contributed by atoms with Gasteiger partial charge in [0.15, 0.2) is 0 Å². The molecule has 41 heavy (non-hydrogen) atoms. The van der Waals surface area contributed by atoms with Crippen molar-refractivity contribution in [3.05, 3.63) is 72.8 Å². The summed E-state index contributed by atoms with van der Waals surface area (Å²) in [6.07, 6.45) is 9.82. The highest BCUT2D eigenvalue weighted by molar-refractivity contribution is 6.20. The van der Waals surface area contributed by atoms with E-state index in [9.17, 15) is 9.59 Å². The van der Waals surface area contributed by atoms with E-state index in [1.165, 1.54) is 5.56 Å². The Kier molecular flexibility index (Phi) is 14.4. The molecule has 11 heteroatoms. The Morgan fingerprint density at radius 2 is 1.63 bits per heavy atom. The van der Waals surface area contributed by atoms with Crippen molar-refractivity contribution in [3.63, 3.8) is 0 Å². The summed E-state index contributed by atoms with van der Waals surface area (Å²) < 4.78 is 6.13. The first-order chi connectivity index (χ1) is 18.3. The van der Waals surface area contributed by atoms with Gasteiger partial charge in [-0.25, -0.2) is 0 Å². The Morgan fingerprint density at radius 3 is 2.29 bits per heavy atom. The van der Waals surface area contributed by atoms with Gasteiger partial charge in [-0.2, -0.15) is 0 Å². The van der Waals surface area contributed by atoms with E-state index in [2.05, 4.69) is 20.9 Å². The highest BCUT2D eigenvalue weighted by Gasteiger charge is 2.45. The van der Waals surface area contributed by atoms with Crippen LogP contribution in [0.2, 0.25) is 0 Å². The molecular weight excluding hydrogens is 585 g/mol. The molecule has 2 amide bonds. The normalized spacial score (nSPS) is 13.7. The summed E-state index contributed by atoms with van der Waals surface area (Å²) in [5, 5.41) is 0. The Hall–Kier alpha value is -3.07. The molecule has 224 valence electrons. The average molecular weight is 625 g/mol. The summed E-state index contributed by atoms with van der Waals surface area (Å²) in [7, 11) is 1.73. The molecule has 0 spiro atoms. The standard InChI is InChI=1S/C30H37N5O3.3ClH/c1-5-17-35-26-10-9-25(21-27(26)33(4)28(36)30(2,3)29(35)37)38-20-7-18-34(24-11-15-31-16-12-24)19-13-23-8-6-14-32-22-23;;;/h6,8-12,14-16,21-22H,5,7,13,17-20H2,1-4H3;3*1H. The maximum Gasteiger partial charge on any atom is 0.242 e. The molecule has 0 saturated heterocycles. The van der Waals surface area contributed by atoms with E-state index in [1.807, 2.05) is 61.9 Å². The number of anilines is 3. The highest BCUT2D eigenvalue weighted by Crippen LogP contribution is 2.40. The van der Waals surface area contributed by atoms with E-state index >= 15 is 0 Å². The number of hydrogen-bond donors (Lipinski definition) is 0. The van der Waals surface area contributed by atoms with Gasteiger partial charge in [0.05, 0.1) is 18.0 Å². The lowest BCUT2D eigenvalue weighted by Gasteiger charge is -2.27. The van der Waals surface area contributed by atoms with E-state index in [0.717, 1.165) is 43.7 Å². The van der Waals surface area contributed by atoms with E-state index in [0.29, 0.717) is 24.6 Å². The molecule has 0 fully saturated rings. The van der Waals surface area contributed by atoms with Crippen molar-refractivity contribution in [2.24, 2.45) is 5.41 Å². The summed E-state index contributed by atoms with van der Waals surface area (Å²) in [4.78, 5) is 40.4. The molecule has 3 aromatic rings. The SMILES string of the molecule is CCCN1C(=O)C(C)(C)C(=O)N(C)c2cc(OCCCN(CCc3cccnc3)c3ccncc3)ccc21.Cl.Cl.Cl. The quantitative estimate of drug-likeness (QED) is 0.192. The zero-order chi connectivity index (χ0) is 27.1. The molecule has 1 aliphatic heterocycles. The topological polar surface area (TPSA) is 78.9 Å². The van der Waals surface area contributed by atoms with Crippen LogP contribution >= 0.6 is 37.2 Å². The van der Waals surface area contributed by atoms with Gasteiger partial charge < -0.3 is 19.4 Å². The lowest BCUT2D eigenvalue weighted by Crippen LogP contribution is -2.47. The molecule has 8 nitrogen and oxygen atoms in total. The van der Waals surface area contributed by atoms with Crippen LogP contribution in [-0.4, -0.2) is 55.1 Å². The molecule has 1 aromatic carbocycles. The van der Waals surface area contributed by atoms with Gasteiger partial charge in [0, 0.05) is 63.2 Å². The fraction of sp³-hybridized carbons (Fsp3) is 0.400. The zero-order valence-electron chi connectivity index (χ0n) is 24.0. The summed E-state index contributed by atoms with van der Waals surface area (Å²) in [5.74, 6) is 0.282. The molecule has 3 heterocycles. The fourth-order valence-corrected chi connectivity index (χ4v) is 4.78. The van der Waals surface area contributed by atoms with Gasteiger partial charge in [0.2, 0.25) is 11.8 Å². The minimum atomic E-state index is -1.13. The number of fused-ring (bicyclic) bond motifs is 1. The van der Waals surface area contributed by atoms with Crippen LogP contribution in [0.1, 0.15) is 39.2 Å². The predicted octanol–water partition coefficient (Wildman–Crippen LogP) is 6.01. The average Bonchev–Trinajstić information content (AvgIpc) is 2.99. The first kappa shape index (κ1) is 36.0. The molecule has 0 saturated carbocycles. The number of halogens is 3. The molecule has 4 rings (SSSR count). The molecule has 0 aliphatic carbocycles. The molecule has 0 radical (unpaired) electrons. The first-order valence-electron chi connectivity index (χ1n) is 13.2. The van der Waals surface area contributed by atoms with Crippen molar-refractivity contribution < 1.29 is 14.3 Å². The Balaban J connectivity index is 0.00000280. The van der Waals surface area contributed by atoms with Gasteiger partial charge in [0.25, 0.3) is 0 Å². The van der Waals surface area contributed by atoms with Crippen molar-refractivity contribution in [1.82, 2.24) is 9.97 Å². The van der Waals surface area contributed by atoms with Gasteiger partial charge >= 0.3 is 0 Å². The molecule has 0 atom stereocenters. The maximum atomic E-state index is 13.2. The predicted molar refractivity (Wildman–Crippen MR) is 173 cm³/mol. The zero-order valence-corrected chi connectivity index (χ0v) is 26.4. The van der Waals surface area contributed by atoms with Crippen molar-refractivity contribution in [1.29, 1.82) is 0 Å². The minimum Gasteiger partial charge on any atom is -0.493 e. The number of benzene rings is 1. The summed E-state index contributed by atoms with van der Waals surface area (Å²) in [5.41, 5.74) is 2.62. The largest absolute Gasteiger partial charge is 0.493 e. The minimum absolute atomic E-state index is 0. The van der Waals surface area contributed by atoms with Crippen LogP contribution in [0, 0.1) is 5.41 Å². The number of nitrogens with zero attached hydrogens (tertiary/aromatic N) is 5. The van der Waals surface area contributed by atoms with Crippen LogP contribution in [0.25, 0.3) is 0 Å². The molecule has 2 aromatic heterocycles. The summed E-state index contributed by atoms with van der Waals surface area (Å²) in [6.45, 7) is 8.18. The smallest absolute Gasteiger partial charge is 0.242 e. The second kappa shape index (κ2) is 16.4. The third-order valence-electron chi connectivity index (χ3n) is 6.93. The van der Waals surface area contributed by atoms with Crippen LogP contribution in [-0.2, 0) is 16.0 Å². The van der Waals surface area contributed by atoms with E-state index in [-0.39, 0.29) is 49.0 Å². The van der Waals surface area contributed by atoms with Gasteiger partial charge in [-0.15, -0.1) is 37.2 Å². The molecule has 1 aliphatic rings. The highest BCUT2D eigenvalue weighted by atomic mass is 35.5. The van der Waals surface area contributed by atoms with E-state index < -0.39 is 5.41 Å². The Bertz CT molecular complexity index is 1250. The number of pyridine rings is 2. The molecular formula is C30H40Cl3N5O3. The van der Waals surface area contributed by atoms with Gasteiger partial charge in [-0.1, -0.05) is 13.0 Å². The van der Waals surface area contributed by atoms with Gasteiger partial charge in [0.1, 0.15) is 11.2 Å². The first-order valence-corrected chi connectivity index (χ1v) is 13.2. The van der Waals surface area contributed by atoms with Crippen molar-refractivity contribution in [3.8, 4) is 5.75 Å². The second-order valence-electron chi connectivity index (χ2n) is 10.1.